The third-order valence-corrected chi connectivity index (χ3v) is 7.86. The molecule has 0 heterocycles. The molecular weight excluding hydrogens is 533 g/mol. The van der Waals surface area contributed by atoms with E-state index < -0.39 is 64.7 Å². The van der Waals surface area contributed by atoms with E-state index in [-0.39, 0.29) is 42.7 Å². The number of phenolic OH excluding ortho intramolecular Hbond substituents is 1. The lowest BCUT2D eigenvalue weighted by molar-refractivity contribution is -0.144. The molecule has 5 rings (SSSR count). The third-order valence-electron chi connectivity index (χ3n) is 7.86. The Bertz CT molecular complexity index is 1510. The number of primary amides is 1. The third kappa shape index (κ3) is 4.33. The summed E-state index contributed by atoms with van der Waals surface area (Å²) in [6.07, 6.45) is -4.53. The van der Waals surface area contributed by atoms with Crippen LogP contribution in [0.2, 0.25) is 0 Å². The molecule has 0 saturated heterocycles. The molecule has 3 aliphatic rings. The number of halogens is 3. The Labute approximate surface area is 225 Å². The predicted octanol–water partition coefficient (Wildman–Crippen LogP) is 2.90. The maximum Gasteiger partial charge on any atom is 0.401 e. The van der Waals surface area contributed by atoms with E-state index in [1.54, 1.807) is 30.3 Å². The molecule has 7 N–H and O–H groups in total. The van der Waals surface area contributed by atoms with E-state index in [1.807, 2.05) is 0 Å². The monoisotopic (exact) mass is 558 g/mol. The highest BCUT2D eigenvalue weighted by Gasteiger charge is 2.59. The van der Waals surface area contributed by atoms with Crippen LogP contribution in [0.4, 0.5) is 13.2 Å². The Morgan fingerprint density at radius 3 is 2.35 bits per heavy atom. The minimum Gasteiger partial charge on any atom is -0.511 e. The molecule has 1 amide bonds. The summed E-state index contributed by atoms with van der Waals surface area (Å²) in [6, 6.07) is 9.53. The molecular formula is C28H25F3N2O7. The smallest absolute Gasteiger partial charge is 0.401 e. The number of aromatic hydroxyl groups is 1. The molecule has 2 aromatic carbocycles. The Balaban J connectivity index is 1.52. The number of allylic oxidation sites excluding steroid dienone is 2. The summed E-state index contributed by atoms with van der Waals surface area (Å²) in [6.45, 7) is -1.14. The average Bonchev–Trinajstić information content (AvgIpc) is 2.86. The Hall–Kier alpha value is -4.16. The molecule has 0 aromatic heterocycles. The van der Waals surface area contributed by atoms with Crippen molar-refractivity contribution in [3.05, 3.63) is 75.8 Å². The van der Waals surface area contributed by atoms with Crippen molar-refractivity contribution >= 4 is 17.5 Å². The van der Waals surface area contributed by atoms with Crippen molar-refractivity contribution in [1.82, 2.24) is 5.32 Å². The van der Waals surface area contributed by atoms with Crippen LogP contribution in [0.15, 0.2) is 59.1 Å². The zero-order valence-electron chi connectivity index (χ0n) is 20.9. The molecule has 210 valence electrons. The second-order valence-corrected chi connectivity index (χ2v) is 10.3. The van der Waals surface area contributed by atoms with Gasteiger partial charge in [-0.05, 0) is 47.1 Å². The first kappa shape index (κ1) is 27.4. The fourth-order valence-electron chi connectivity index (χ4n) is 6.04. The molecule has 0 radical (unpaired) electrons. The number of carbonyl (C=O) groups excluding carboxylic acids is 3. The van der Waals surface area contributed by atoms with Crippen LogP contribution in [0.5, 0.6) is 5.75 Å². The van der Waals surface area contributed by atoms with Gasteiger partial charge in [-0.1, -0.05) is 30.3 Å². The summed E-state index contributed by atoms with van der Waals surface area (Å²) in [5.74, 6) is -7.01. The number of fused-ring (bicyclic) bond motifs is 3. The molecule has 0 saturated carbocycles. The quantitative estimate of drug-likeness (QED) is 0.304. The molecule has 0 unspecified atom stereocenters. The summed E-state index contributed by atoms with van der Waals surface area (Å²) in [4.78, 5) is 38.5. The largest absolute Gasteiger partial charge is 0.511 e. The predicted molar refractivity (Wildman–Crippen MR) is 134 cm³/mol. The molecule has 9 nitrogen and oxygen atoms in total. The molecule has 0 spiro atoms. The Kier molecular flexibility index (Phi) is 6.50. The van der Waals surface area contributed by atoms with Crippen LogP contribution in [-0.4, -0.2) is 56.2 Å². The molecule has 3 atom stereocenters. The number of carbonyl (C=O) groups is 3. The number of ketones is 2. The van der Waals surface area contributed by atoms with Gasteiger partial charge in [-0.2, -0.15) is 13.2 Å². The zero-order valence-corrected chi connectivity index (χ0v) is 20.9. The molecule has 12 heteroatoms. The van der Waals surface area contributed by atoms with Crippen LogP contribution in [0.25, 0.3) is 11.1 Å². The van der Waals surface area contributed by atoms with Crippen molar-refractivity contribution in [2.75, 3.05) is 6.54 Å². The SMILES string of the molecule is NC(=O)C1=C(O)C[C@@H]2C[C@@H]3Cc4c(-c5ccc(CNCC(F)(F)F)cc5)ccc(O)c4C(=O)C3=C(O)[C@]2(O)C1=O. The van der Waals surface area contributed by atoms with Crippen LogP contribution in [0.1, 0.15) is 34.3 Å². The number of rotatable bonds is 5. The number of hydrogen-bond donors (Lipinski definition) is 6. The van der Waals surface area contributed by atoms with E-state index >= 15 is 0 Å². The van der Waals surface area contributed by atoms with E-state index in [2.05, 4.69) is 5.32 Å². The number of aliphatic hydroxyl groups excluding tert-OH is 2. The molecule has 3 aliphatic carbocycles. The highest BCUT2D eigenvalue weighted by molar-refractivity contribution is 6.24. The lowest BCUT2D eigenvalue weighted by Gasteiger charge is -2.45. The normalized spacial score (nSPS) is 24.5. The summed E-state index contributed by atoms with van der Waals surface area (Å²) in [5, 5.41) is 45.7. The van der Waals surface area contributed by atoms with Crippen molar-refractivity contribution in [2.45, 2.75) is 37.6 Å². The van der Waals surface area contributed by atoms with E-state index in [1.165, 1.54) is 6.07 Å². The minimum atomic E-state index is -4.34. The molecule has 2 aromatic rings. The van der Waals surface area contributed by atoms with Crippen LogP contribution in [-0.2, 0) is 22.6 Å². The standard InChI is InChI=1S/C28H25F3N2O7/c29-27(30,31)11-33-10-12-1-3-13(4-2-12)16-5-6-18(34)21-17(16)8-14-7-15-9-19(35)22(26(32)39)25(38)28(15,40)24(37)20(14)23(21)36/h1-6,14-15,33-35,37,40H,7-11H2,(H2,32,39)/t14-,15+,28+/m1/s1. The summed E-state index contributed by atoms with van der Waals surface area (Å²) >= 11 is 0. The van der Waals surface area contributed by atoms with Crippen molar-refractivity contribution in [1.29, 1.82) is 0 Å². The van der Waals surface area contributed by atoms with Crippen LogP contribution < -0.4 is 11.1 Å². The molecule has 0 bridgehead atoms. The van der Waals surface area contributed by atoms with E-state index in [0.29, 0.717) is 22.3 Å². The van der Waals surface area contributed by atoms with Crippen LogP contribution in [0, 0.1) is 11.8 Å². The van der Waals surface area contributed by atoms with Crippen LogP contribution in [0.3, 0.4) is 0 Å². The van der Waals surface area contributed by atoms with Crippen molar-refractivity contribution in [2.24, 2.45) is 17.6 Å². The fraction of sp³-hybridized carbons (Fsp3) is 0.321. The highest BCUT2D eigenvalue weighted by atomic mass is 19.4. The maximum absolute atomic E-state index is 13.7. The summed E-state index contributed by atoms with van der Waals surface area (Å²) < 4.78 is 37.3. The van der Waals surface area contributed by atoms with Gasteiger partial charge in [0.25, 0.3) is 5.91 Å². The van der Waals surface area contributed by atoms with Gasteiger partial charge in [0.15, 0.2) is 11.4 Å². The van der Waals surface area contributed by atoms with Gasteiger partial charge < -0.3 is 31.5 Å². The topological polar surface area (TPSA) is 170 Å². The van der Waals surface area contributed by atoms with Gasteiger partial charge in [0.2, 0.25) is 5.78 Å². The second-order valence-electron chi connectivity index (χ2n) is 10.3. The van der Waals surface area contributed by atoms with Gasteiger partial charge in [0, 0.05) is 24.5 Å². The highest BCUT2D eigenvalue weighted by Crippen LogP contribution is 2.52. The van der Waals surface area contributed by atoms with Gasteiger partial charge in [-0.3, -0.25) is 14.4 Å². The number of phenols is 1. The second kappa shape index (κ2) is 9.49. The number of nitrogens with two attached hydrogens (primary N) is 1. The Morgan fingerprint density at radius 1 is 1.05 bits per heavy atom. The minimum absolute atomic E-state index is 0.00181. The van der Waals surface area contributed by atoms with Gasteiger partial charge in [-0.25, -0.2) is 0 Å². The lowest BCUT2D eigenvalue weighted by atomic mass is 9.60. The first-order valence-electron chi connectivity index (χ1n) is 12.4. The van der Waals surface area contributed by atoms with Crippen LogP contribution >= 0.6 is 0 Å². The van der Waals surface area contributed by atoms with Gasteiger partial charge in [0.05, 0.1) is 12.1 Å². The lowest BCUT2D eigenvalue weighted by Crippen LogP contribution is -2.57. The molecule has 0 fully saturated rings. The van der Waals surface area contributed by atoms with E-state index in [0.717, 1.165) is 0 Å². The van der Waals surface area contributed by atoms with Gasteiger partial charge >= 0.3 is 6.18 Å². The molecule has 40 heavy (non-hydrogen) atoms. The number of alkyl halides is 3. The fourth-order valence-corrected chi connectivity index (χ4v) is 6.04. The van der Waals surface area contributed by atoms with Gasteiger partial charge in [-0.15, -0.1) is 0 Å². The number of aliphatic hydroxyl groups is 3. The van der Waals surface area contributed by atoms with Crippen molar-refractivity contribution in [3.8, 4) is 16.9 Å². The number of nitrogens with one attached hydrogen (secondary N) is 1. The average molecular weight is 559 g/mol. The number of Topliss-reactive ketones (excluding diaryl/α,β-unsaturated/α-hetero) is 2. The number of hydrogen-bond acceptors (Lipinski definition) is 8. The molecule has 0 aliphatic heterocycles. The Morgan fingerprint density at radius 2 is 1.73 bits per heavy atom. The van der Waals surface area contributed by atoms with Crippen molar-refractivity contribution in [3.63, 3.8) is 0 Å². The summed E-state index contributed by atoms with van der Waals surface area (Å²) in [7, 11) is 0. The van der Waals surface area contributed by atoms with Gasteiger partial charge in [0.1, 0.15) is 22.8 Å². The number of amides is 1. The van der Waals surface area contributed by atoms with Crippen molar-refractivity contribution < 1.29 is 48.0 Å². The van der Waals surface area contributed by atoms with E-state index in [4.69, 9.17) is 5.73 Å². The first-order chi connectivity index (χ1) is 18.7. The van der Waals surface area contributed by atoms with E-state index in [9.17, 15) is 48.0 Å². The maximum atomic E-state index is 13.7. The number of benzene rings is 2. The summed E-state index contributed by atoms with van der Waals surface area (Å²) in [5.41, 5.74) is 3.61. The first-order valence-corrected chi connectivity index (χ1v) is 12.4. The zero-order chi connectivity index (χ0) is 29.1.